The van der Waals surface area contributed by atoms with Crippen LogP contribution in [-0.4, -0.2) is 41.1 Å². The van der Waals surface area contributed by atoms with Crippen LogP contribution in [0.2, 0.25) is 0 Å². The molecule has 2 aromatic rings. The van der Waals surface area contributed by atoms with E-state index in [1.54, 1.807) is 7.11 Å². The predicted molar refractivity (Wildman–Crippen MR) is 104 cm³/mol. The Morgan fingerprint density at radius 1 is 1.48 bits per heavy atom. The number of amides is 1. The van der Waals surface area contributed by atoms with Crippen LogP contribution in [0.4, 0.5) is 5.95 Å². The molecular formula is C19H25N5O3. The van der Waals surface area contributed by atoms with E-state index in [1.807, 2.05) is 18.3 Å². The van der Waals surface area contributed by atoms with Gasteiger partial charge in [0.05, 0.1) is 5.39 Å². The zero-order valence-corrected chi connectivity index (χ0v) is 15.4. The van der Waals surface area contributed by atoms with Crippen LogP contribution in [-0.2, 0) is 16.0 Å². The lowest BCUT2D eigenvalue weighted by atomic mass is 9.91. The molecule has 27 heavy (non-hydrogen) atoms. The first-order chi connectivity index (χ1) is 13.1. The molecule has 2 aromatic heterocycles. The van der Waals surface area contributed by atoms with Crippen molar-refractivity contribution in [3.63, 3.8) is 0 Å². The van der Waals surface area contributed by atoms with Crippen LogP contribution in [0.5, 0.6) is 0 Å². The molecule has 1 aliphatic rings. The molecule has 0 aliphatic heterocycles. The lowest BCUT2D eigenvalue weighted by Crippen LogP contribution is -2.26. The molecule has 1 unspecified atom stereocenters. The van der Waals surface area contributed by atoms with Gasteiger partial charge in [0.25, 0.3) is 11.5 Å². The minimum atomic E-state index is -0.222. The summed E-state index contributed by atoms with van der Waals surface area (Å²) in [6.07, 6.45) is 11.0. The van der Waals surface area contributed by atoms with E-state index in [1.165, 1.54) is 0 Å². The summed E-state index contributed by atoms with van der Waals surface area (Å²) >= 11 is 0. The number of aromatic nitrogens is 3. The van der Waals surface area contributed by atoms with Crippen molar-refractivity contribution in [2.24, 2.45) is 5.92 Å². The number of nitrogen functional groups attached to an aromatic ring is 1. The number of aromatic amines is 2. The summed E-state index contributed by atoms with van der Waals surface area (Å²) < 4.78 is 4.97. The molecule has 8 nitrogen and oxygen atoms in total. The van der Waals surface area contributed by atoms with Gasteiger partial charge in [0, 0.05) is 32.0 Å². The second-order valence-corrected chi connectivity index (χ2v) is 6.64. The summed E-state index contributed by atoms with van der Waals surface area (Å²) in [6, 6.07) is 0. The number of hydrogen-bond acceptors (Lipinski definition) is 5. The monoisotopic (exact) mass is 371 g/mol. The van der Waals surface area contributed by atoms with Crippen molar-refractivity contribution in [3.05, 3.63) is 45.9 Å². The van der Waals surface area contributed by atoms with Gasteiger partial charge in [-0.05, 0) is 37.2 Å². The van der Waals surface area contributed by atoms with E-state index in [0.717, 1.165) is 31.2 Å². The van der Waals surface area contributed by atoms with Gasteiger partial charge in [0.2, 0.25) is 5.95 Å². The fraction of sp³-hybridized carbons (Fsp3) is 0.421. The summed E-state index contributed by atoms with van der Waals surface area (Å²) in [5.41, 5.74) is 7.49. The van der Waals surface area contributed by atoms with Gasteiger partial charge in [0.15, 0.2) is 0 Å². The number of aryl methyl sites for hydroxylation is 1. The van der Waals surface area contributed by atoms with Crippen LogP contribution >= 0.6 is 0 Å². The van der Waals surface area contributed by atoms with Crippen molar-refractivity contribution in [1.29, 1.82) is 0 Å². The van der Waals surface area contributed by atoms with E-state index in [0.29, 0.717) is 35.7 Å². The summed E-state index contributed by atoms with van der Waals surface area (Å²) in [5.74, 6) is 0.391. The third kappa shape index (κ3) is 4.65. The van der Waals surface area contributed by atoms with Crippen LogP contribution in [0.25, 0.3) is 11.0 Å². The topological polar surface area (TPSA) is 126 Å². The smallest absolute Gasteiger partial charge is 0.262 e. The minimum Gasteiger partial charge on any atom is -0.385 e. The van der Waals surface area contributed by atoms with Gasteiger partial charge in [-0.2, -0.15) is 4.98 Å². The highest BCUT2D eigenvalue weighted by molar-refractivity contribution is 5.96. The number of allylic oxidation sites excluding steroid dienone is 2. The van der Waals surface area contributed by atoms with Crippen molar-refractivity contribution >= 4 is 22.9 Å². The van der Waals surface area contributed by atoms with Crippen molar-refractivity contribution in [2.75, 3.05) is 26.0 Å². The maximum absolute atomic E-state index is 12.1. The minimum absolute atomic E-state index is 0.0485. The quantitative estimate of drug-likeness (QED) is 0.522. The Morgan fingerprint density at radius 2 is 2.33 bits per heavy atom. The molecule has 0 radical (unpaired) electrons. The number of methoxy groups -OCH3 is 1. The van der Waals surface area contributed by atoms with Crippen molar-refractivity contribution in [3.8, 4) is 0 Å². The van der Waals surface area contributed by atoms with E-state index in [4.69, 9.17) is 10.5 Å². The normalized spacial score (nSPS) is 16.5. The van der Waals surface area contributed by atoms with Crippen molar-refractivity contribution in [1.82, 2.24) is 20.3 Å². The Hall–Kier alpha value is -2.87. The summed E-state index contributed by atoms with van der Waals surface area (Å²) in [7, 11) is 1.65. The first-order valence-corrected chi connectivity index (χ1v) is 9.09. The second kappa shape index (κ2) is 8.68. The Kier molecular flexibility index (Phi) is 6.08. The predicted octanol–water partition coefficient (Wildman–Crippen LogP) is 1.42. The van der Waals surface area contributed by atoms with Gasteiger partial charge < -0.3 is 20.8 Å². The average molecular weight is 371 g/mol. The molecular weight excluding hydrogens is 346 g/mol. The van der Waals surface area contributed by atoms with Crippen LogP contribution in [0.1, 0.15) is 24.8 Å². The second-order valence-electron chi connectivity index (χ2n) is 6.64. The van der Waals surface area contributed by atoms with Crippen LogP contribution in [0.15, 0.2) is 34.8 Å². The van der Waals surface area contributed by atoms with Gasteiger partial charge in [-0.15, -0.1) is 0 Å². The summed E-state index contributed by atoms with van der Waals surface area (Å²) in [5, 5.41) is 3.45. The Morgan fingerprint density at radius 3 is 3.07 bits per heavy atom. The van der Waals surface area contributed by atoms with Gasteiger partial charge in [0.1, 0.15) is 5.65 Å². The molecule has 0 saturated heterocycles. The summed E-state index contributed by atoms with van der Waals surface area (Å²) in [6.45, 7) is 1.24. The highest BCUT2D eigenvalue weighted by Crippen LogP contribution is 2.23. The van der Waals surface area contributed by atoms with Crippen LogP contribution < -0.4 is 16.6 Å². The lowest BCUT2D eigenvalue weighted by molar-refractivity contribution is -0.117. The first kappa shape index (κ1) is 18.9. The molecule has 0 fully saturated rings. The van der Waals surface area contributed by atoms with E-state index >= 15 is 0 Å². The zero-order chi connectivity index (χ0) is 19.2. The molecule has 0 saturated carbocycles. The molecule has 1 aliphatic carbocycles. The number of nitrogens with one attached hydrogen (secondary N) is 3. The van der Waals surface area contributed by atoms with E-state index in [2.05, 4.69) is 26.3 Å². The molecule has 0 aromatic carbocycles. The number of nitrogens with two attached hydrogens (primary N) is 1. The standard InChI is InChI=1S/C19H25N5O3/c1-27-10-2-9-21-17(25)13-6-3-12(4-7-13)5-8-14-11-22-16-15(14)18(26)24-19(20)23-16/h3,6-7,11-12H,2,4-5,8-10H2,1H3,(H,21,25)(H4,20,22,23,24,26). The number of H-pyrrole nitrogens is 2. The van der Waals surface area contributed by atoms with Gasteiger partial charge in [-0.1, -0.05) is 18.2 Å². The third-order valence-electron chi connectivity index (χ3n) is 4.69. The first-order valence-electron chi connectivity index (χ1n) is 9.09. The Labute approximate surface area is 156 Å². The van der Waals surface area contributed by atoms with E-state index in [-0.39, 0.29) is 17.4 Å². The van der Waals surface area contributed by atoms with Crippen molar-refractivity contribution in [2.45, 2.75) is 25.7 Å². The third-order valence-corrected chi connectivity index (χ3v) is 4.69. The molecule has 1 atom stereocenters. The number of fused-ring (bicyclic) bond motifs is 1. The number of carbonyl (C=O) groups excluding carboxylic acids is 1. The van der Waals surface area contributed by atoms with E-state index in [9.17, 15) is 9.59 Å². The van der Waals surface area contributed by atoms with Gasteiger partial charge >= 0.3 is 0 Å². The highest BCUT2D eigenvalue weighted by Gasteiger charge is 2.15. The zero-order valence-electron chi connectivity index (χ0n) is 15.4. The number of anilines is 1. The number of carbonyl (C=O) groups is 1. The SMILES string of the molecule is COCCCNC(=O)C1=CCC(CCc2c[nH]c3nc(N)[nH]c(=O)c23)C=C1. The Balaban J connectivity index is 1.53. The van der Waals surface area contributed by atoms with E-state index < -0.39 is 0 Å². The number of hydrogen-bond donors (Lipinski definition) is 4. The van der Waals surface area contributed by atoms with Crippen LogP contribution in [0.3, 0.4) is 0 Å². The molecule has 0 bridgehead atoms. The Bertz CT molecular complexity index is 925. The largest absolute Gasteiger partial charge is 0.385 e. The number of ether oxygens (including phenoxy) is 1. The molecule has 2 heterocycles. The van der Waals surface area contributed by atoms with Gasteiger partial charge in [-0.25, -0.2) is 0 Å². The maximum atomic E-state index is 12.1. The molecule has 3 rings (SSSR count). The average Bonchev–Trinajstić information content (AvgIpc) is 3.07. The lowest BCUT2D eigenvalue weighted by Gasteiger charge is -2.16. The molecule has 0 spiro atoms. The molecule has 8 heteroatoms. The summed E-state index contributed by atoms with van der Waals surface area (Å²) in [4.78, 5) is 33.8. The molecule has 5 N–H and O–H groups in total. The maximum Gasteiger partial charge on any atom is 0.262 e. The van der Waals surface area contributed by atoms with Crippen LogP contribution in [0, 0.1) is 5.92 Å². The number of nitrogens with zero attached hydrogens (tertiary/aromatic N) is 1. The van der Waals surface area contributed by atoms with Gasteiger partial charge in [-0.3, -0.25) is 14.6 Å². The number of rotatable bonds is 8. The highest BCUT2D eigenvalue weighted by atomic mass is 16.5. The fourth-order valence-electron chi connectivity index (χ4n) is 3.23. The molecule has 144 valence electrons. The fourth-order valence-corrected chi connectivity index (χ4v) is 3.23. The molecule has 1 amide bonds. The van der Waals surface area contributed by atoms with Crippen molar-refractivity contribution < 1.29 is 9.53 Å².